The molecule has 2 aromatic carbocycles. The Hall–Kier alpha value is -3.42. The van der Waals surface area contributed by atoms with Crippen LogP contribution in [0.5, 0.6) is 0 Å². The molecule has 1 aromatic heterocycles. The molecule has 0 saturated heterocycles. The Morgan fingerprint density at radius 1 is 1.00 bits per heavy atom. The van der Waals surface area contributed by atoms with Gasteiger partial charge in [-0.3, -0.25) is 4.79 Å². The largest absolute Gasteiger partial charge is 0.418 e. The van der Waals surface area contributed by atoms with Crippen LogP contribution in [0, 0.1) is 6.92 Å². The number of alkyl halides is 3. The first-order valence-electron chi connectivity index (χ1n) is 7.96. The number of hydrogen-bond acceptors (Lipinski definition) is 4. The van der Waals surface area contributed by atoms with Gasteiger partial charge in [-0.25, -0.2) is 9.97 Å². The number of aromatic nitrogens is 2. The molecule has 0 aliphatic carbocycles. The fraction of sp³-hybridized carbons (Fsp3) is 0.105. The zero-order chi connectivity index (χ0) is 19.4. The Kier molecular flexibility index (Phi) is 5.07. The number of anilines is 3. The molecule has 27 heavy (non-hydrogen) atoms. The van der Waals surface area contributed by atoms with Gasteiger partial charge in [0.15, 0.2) is 0 Å². The molecule has 1 amide bonds. The Morgan fingerprint density at radius 2 is 1.78 bits per heavy atom. The van der Waals surface area contributed by atoms with Crippen molar-refractivity contribution in [2.75, 3.05) is 10.6 Å². The number of nitrogens with one attached hydrogen (secondary N) is 2. The predicted octanol–water partition coefficient (Wildman–Crippen LogP) is 4.80. The summed E-state index contributed by atoms with van der Waals surface area (Å²) in [6.07, 6.45) is -3.40. The van der Waals surface area contributed by atoms with Gasteiger partial charge in [0, 0.05) is 11.8 Å². The zero-order valence-corrected chi connectivity index (χ0v) is 14.2. The first kappa shape index (κ1) is 18.4. The SMILES string of the molecule is Cc1cccc(NC(=O)c2cc(Nc3ccccc3C(F)(F)F)ncn2)c1. The molecule has 0 spiro atoms. The summed E-state index contributed by atoms with van der Waals surface area (Å²) >= 11 is 0. The van der Waals surface area contributed by atoms with Crippen LogP contribution in [0.15, 0.2) is 60.9 Å². The van der Waals surface area contributed by atoms with Crippen LogP contribution in [-0.2, 0) is 6.18 Å². The van der Waals surface area contributed by atoms with Gasteiger partial charge in [0.1, 0.15) is 17.8 Å². The van der Waals surface area contributed by atoms with Gasteiger partial charge in [0.2, 0.25) is 0 Å². The van der Waals surface area contributed by atoms with E-state index >= 15 is 0 Å². The molecular weight excluding hydrogens is 357 g/mol. The molecule has 0 aliphatic heterocycles. The summed E-state index contributed by atoms with van der Waals surface area (Å²) in [7, 11) is 0. The minimum Gasteiger partial charge on any atom is -0.340 e. The third-order valence-electron chi connectivity index (χ3n) is 3.67. The molecule has 5 nitrogen and oxygen atoms in total. The third-order valence-corrected chi connectivity index (χ3v) is 3.67. The number of hydrogen-bond donors (Lipinski definition) is 2. The zero-order valence-electron chi connectivity index (χ0n) is 14.2. The maximum Gasteiger partial charge on any atom is 0.418 e. The molecule has 2 N–H and O–H groups in total. The van der Waals surface area contributed by atoms with Crippen LogP contribution in [0.25, 0.3) is 0 Å². The van der Waals surface area contributed by atoms with Crippen LogP contribution in [0.2, 0.25) is 0 Å². The van der Waals surface area contributed by atoms with Crippen molar-refractivity contribution in [2.24, 2.45) is 0 Å². The van der Waals surface area contributed by atoms with Crippen molar-refractivity contribution in [2.45, 2.75) is 13.1 Å². The maximum atomic E-state index is 13.1. The maximum absolute atomic E-state index is 13.1. The summed E-state index contributed by atoms with van der Waals surface area (Å²) in [5, 5.41) is 5.28. The molecule has 8 heteroatoms. The molecule has 3 rings (SSSR count). The van der Waals surface area contributed by atoms with E-state index in [1.165, 1.54) is 24.3 Å². The number of carbonyl (C=O) groups is 1. The van der Waals surface area contributed by atoms with E-state index in [0.717, 1.165) is 18.0 Å². The van der Waals surface area contributed by atoms with Crippen molar-refractivity contribution in [3.8, 4) is 0 Å². The Bertz CT molecular complexity index is 973. The van der Waals surface area contributed by atoms with Gasteiger partial charge in [-0.15, -0.1) is 0 Å². The molecule has 0 radical (unpaired) electrons. The molecule has 1 heterocycles. The molecule has 0 fully saturated rings. The quantitative estimate of drug-likeness (QED) is 0.690. The standard InChI is InChI=1S/C19H15F3N4O/c1-12-5-4-6-13(9-12)25-18(27)16-10-17(24-11-23-16)26-15-8-3-2-7-14(15)19(20,21)22/h2-11H,1H3,(H,25,27)(H,23,24,26). The fourth-order valence-corrected chi connectivity index (χ4v) is 2.45. The highest BCUT2D eigenvalue weighted by Gasteiger charge is 2.33. The van der Waals surface area contributed by atoms with Crippen LogP contribution in [0.3, 0.4) is 0 Å². The molecule has 0 aliphatic rings. The van der Waals surface area contributed by atoms with Gasteiger partial charge in [0.05, 0.1) is 11.3 Å². The minimum absolute atomic E-state index is 0.0264. The van der Waals surface area contributed by atoms with Gasteiger partial charge in [-0.2, -0.15) is 13.2 Å². The highest BCUT2D eigenvalue weighted by Crippen LogP contribution is 2.35. The van der Waals surface area contributed by atoms with Crippen LogP contribution < -0.4 is 10.6 Å². The van der Waals surface area contributed by atoms with E-state index in [2.05, 4.69) is 20.6 Å². The molecule has 0 saturated carbocycles. The van der Waals surface area contributed by atoms with Crippen LogP contribution >= 0.6 is 0 Å². The summed E-state index contributed by atoms with van der Waals surface area (Å²) in [4.78, 5) is 20.1. The van der Waals surface area contributed by atoms with Crippen molar-refractivity contribution in [1.82, 2.24) is 9.97 Å². The van der Waals surface area contributed by atoms with E-state index in [1.54, 1.807) is 18.2 Å². The highest BCUT2D eigenvalue weighted by atomic mass is 19.4. The second kappa shape index (κ2) is 7.45. The van der Waals surface area contributed by atoms with Crippen molar-refractivity contribution in [1.29, 1.82) is 0 Å². The smallest absolute Gasteiger partial charge is 0.340 e. The lowest BCUT2D eigenvalue weighted by Gasteiger charge is -2.14. The first-order chi connectivity index (χ1) is 12.8. The summed E-state index contributed by atoms with van der Waals surface area (Å²) < 4.78 is 39.3. The number of aryl methyl sites for hydroxylation is 1. The molecule has 0 atom stereocenters. The highest BCUT2D eigenvalue weighted by molar-refractivity contribution is 6.03. The van der Waals surface area contributed by atoms with E-state index in [-0.39, 0.29) is 17.2 Å². The van der Waals surface area contributed by atoms with E-state index in [0.29, 0.717) is 5.69 Å². The average molecular weight is 372 g/mol. The van der Waals surface area contributed by atoms with Crippen molar-refractivity contribution in [3.05, 3.63) is 77.7 Å². The van der Waals surface area contributed by atoms with Gasteiger partial charge in [-0.05, 0) is 36.8 Å². The Morgan fingerprint density at radius 3 is 2.52 bits per heavy atom. The summed E-state index contributed by atoms with van der Waals surface area (Å²) in [6, 6.07) is 13.5. The average Bonchev–Trinajstić information content (AvgIpc) is 2.61. The van der Waals surface area contributed by atoms with Crippen LogP contribution in [0.4, 0.5) is 30.4 Å². The number of para-hydroxylation sites is 1. The third kappa shape index (κ3) is 4.60. The normalized spacial score (nSPS) is 11.1. The van der Waals surface area contributed by atoms with Crippen molar-refractivity contribution >= 4 is 23.1 Å². The fourth-order valence-electron chi connectivity index (χ4n) is 2.45. The predicted molar refractivity (Wildman–Crippen MR) is 95.9 cm³/mol. The summed E-state index contributed by atoms with van der Waals surface area (Å²) in [5.41, 5.74) is 0.610. The van der Waals surface area contributed by atoms with Gasteiger partial charge >= 0.3 is 6.18 Å². The van der Waals surface area contributed by atoms with Gasteiger partial charge in [0.25, 0.3) is 5.91 Å². The number of benzene rings is 2. The second-order valence-corrected chi connectivity index (χ2v) is 5.78. The van der Waals surface area contributed by atoms with Crippen molar-refractivity contribution in [3.63, 3.8) is 0 Å². The monoisotopic (exact) mass is 372 g/mol. The lowest BCUT2D eigenvalue weighted by Crippen LogP contribution is -2.14. The van der Waals surface area contributed by atoms with Gasteiger partial charge in [-0.1, -0.05) is 24.3 Å². The van der Waals surface area contributed by atoms with Crippen LogP contribution in [0.1, 0.15) is 21.6 Å². The minimum atomic E-state index is -4.51. The van der Waals surface area contributed by atoms with E-state index in [9.17, 15) is 18.0 Å². The van der Waals surface area contributed by atoms with Crippen molar-refractivity contribution < 1.29 is 18.0 Å². The number of halogens is 3. The van der Waals surface area contributed by atoms with E-state index in [4.69, 9.17) is 0 Å². The number of carbonyl (C=O) groups excluding carboxylic acids is 1. The molecule has 0 unspecified atom stereocenters. The van der Waals surface area contributed by atoms with E-state index in [1.807, 2.05) is 13.0 Å². The second-order valence-electron chi connectivity index (χ2n) is 5.78. The lowest BCUT2D eigenvalue weighted by atomic mass is 10.1. The summed E-state index contributed by atoms with van der Waals surface area (Å²) in [6.45, 7) is 1.89. The number of amides is 1. The van der Waals surface area contributed by atoms with Gasteiger partial charge < -0.3 is 10.6 Å². The first-order valence-corrected chi connectivity index (χ1v) is 7.96. The lowest BCUT2D eigenvalue weighted by molar-refractivity contribution is -0.136. The molecule has 0 bridgehead atoms. The Balaban J connectivity index is 1.81. The van der Waals surface area contributed by atoms with Crippen LogP contribution in [-0.4, -0.2) is 15.9 Å². The summed E-state index contributed by atoms with van der Waals surface area (Å²) in [5.74, 6) is -0.411. The molecule has 3 aromatic rings. The number of nitrogens with zero attached hydrogens (tertiary/aromatic N) is 2. The number of rotatable bonds is 4. The molecular formula is C19H15F3N4O. The Labute approximate surface area is 153 Å². The topological polar surface area (TPSA) is 66.9 Å². The molecule has 138 valence electrons. The van der Waals surface area contributed by atoms with E-state index < -0.39 is 17.6 Å².